The summed E-state index contributed by atoms with van der Waals surface area (Å²) in [5.74, 6) is 5.63. The van der Waals surface area contributed by atoms with Crippen LogP contribution >= 0.6 is 57.1 Å². The predicted octanol–water partition coefficient (Wildman–Crippen LogP) is 4.41. The van der Waals surface area contributed by atoms with E-state index in [0.29, 0.717) is 16.5 Å². The highest BCUT2D eigenvalue weighted by Gasteiger charge is 2.14. The fourth-order valence-corrected chi connectivity index (χ4v) is 3.51. The third kappa shape index (κ3) is 3.59. The molecule has 0 amide bonds. The number of nitrogens with one attached hydrogen (secondary N) is 1. The SMILES string of the molecule is NNC(Cc1cc(Cl)ccc1Cl)c1csc(I)c1. The topological polar surface area (TPSA) is 38.0 Å². The lowest BCUT2D eigenvalue weighted by Crippen LogP contribution is -2.29. The number of rotatable bonds is 4. The van der Waals surface area contributed by atoms with Crippen LogP contribution < -0.4 is 11.3 Å². The van der Waals surface area contributed by atoms with Gasteiger partial charge in [0, 0.05) is 10.0 Å². The third-order valence-corrected chi connectivity index (χ3v) is 5.03. The van der Waals surface area contributed by atoms with Crippen LogP contribution in [-0.4, -0.2) is 0 Å². The quantitative estimate of drug-likeness (QED) is 0.443. The van der Waals surface area contributed by atoms with Crippen LogP contribution in [0, 0.1) is 2.88 Å². The molecule has 0 radical (unpaired) electrons. The first-order valence-corrected chi connectivity index (χ1v) is 7.95. The predicted molar refractivity (Wildman–Crippen MR) is 87.3 cm³/mol. The molecule has 1 unspecified atom stereocenters. The monoisotopic (exact) mass is 412 g/mol. The van der Waals surface area contributed by atoms with Gasteiger partial charge in [-0.25, -0.2) is 0 Å². The van der Waals surface area contributed by atoms with Crippen LogP contribution in [0.1, 0.15) is 17.2 Å². The van der Waals surface area contributed by atoms with Crippen molar-refractivity contribution in [3.05, 3.63) is 53.7 Å². The van der Waals surface area contributed by atoms with Crippen molar-refractivity contribution in [1.29, 1.82) is 0 Å². The highest BCUT2D eigenvalue weighted by Crippen LogP contribution is 2.28. The molecule has 3 N–H and O–H groups in total. The Balaban J connectivity index is 2.22. The molecule has 0 bridgehead atoms. The Hall–Kier alpha value is 0.150. The van der Waals surface area contributed by atoms with Gasteiger partial charge in [-0.1, -0.05) is 23.2 Å². The van der Waals surface area contributed by atoms with Crippen molar-refractivity contribution in [2.45, 2.75) is 12.5 Å². The van der Waals surface area contributed by atoms with Gasteiger partial charge in [-0.3, -0.25) is 11.3 Å². The van der Waals surface area contributed by atoms with Gasteiger partial charge in [0.1, 0.15) is 0 Å². The molecular weight excluding hydrogens is 402 g/mol. The summed E-state index contributed by atoms with van der Waals surface area (Å²) in [5.41, 5.74) is 4.99. The molecule has 1 aromatic carbocycles. The lowest BCUT2D eigenvalue weighted by Gasteiger charge is -2.15. The maximum Gasteiger partial charge on any atom is 0.0656 e. The maximum atomic E-state index is 6.16. The standard InChI is InChI=1S/C12H11Cl2IN2S/c13-9-1-2-10(14)7(3-9)4-11(17-16)8-5-12(15)18-6-8/h1-3,5-6,11,17H,4,16H2. The lowest BCUT2D eigenvalue weighted by molar-refractivity contribution is 0.553. The fraction of sp³-hybridized carbons (Fsp3) is 0.167. The Morgan fingerprint density at radius 2 is 2.11 bits per heavy atom. The average Bonchev–Trinajstić information content (AvgIpc) is 2.77. The molecule has 6 heteroatoms. The Kier molecular flexibility index (Phi) is 5.29. The van der Waals surface area contributed by atoms with Gasteiger partial charge in [-0.15, -0.1) is 11.3 Å². The number of hydrogen-bond donors (Lipinski definition) is 2. The Bertz CT molecular complexity index is 545. The zero-order chi connectivity index (χ0) is 13.1. The smallest absolute Gasteiger partial charge is 0.0656 e. The van der Waals surface area contributed by atoms with E-state index in [1.54, 1.807) is 17.4 Å². The zero-order valence-electron chi connectivity index (χ0n) is 9.29. The number of benzene rings is 1. The molecule has 2 rings (SSSR count). The molecule has 0 fully saturated rings. The Labute approximate surface area is 134 Å². The van der Waals surface area contributed by atoms with Crippen LogP contribution in [0.4, 0.5) is 0 Å². The van der Waals surface area contributed by atoms with E-state index >= 15 is 0 Å². The molecular formula is C12H11Cl2IN2S. The van der Waals surface area contributed by atoms with Gasteiger partial charge in [0.05, 0.1) is 8.93 Å². The van der Waals surface area contributed by atoms with Crippen molar-refractivity contribution < 1.29 is 0 Å². The van der Waals surface area contributed by atoms with Gasteiger partial charge >= 0.3 is 0 Å². The second-order valence-electron chi connectivity index (χ2n) is 3.84. The lowest BCUT2D eigenvalue weighted by atomic mass is 10.0. The first-order chi connectivity index (χ1) is 8.60. The average molecular weight is 413 g/mol. The van der Waals surface area contributed by atoms with E-state index in [1.807, 2.05) is 12.1 Å². The molecule has 0 aliphatic carbocycles. The van der Waals surface area contributed by atoms with E-state index in [1.165, 1.54) is 8.45 Å². The molecule has 96 valence electrons. The van der Waals surface area contributed by atoms with Crippen molar-refractivity contribution in [2.75, 3.05) is 0 Å². The molecule has 2 nitrogen and oxygen atoms in total. The van der Waals surface area contributed by atoms with Crippen molar-refractivity contribution in [3.8, 4) is 0 Å². The van der Waals surface area contributed by atoms with E-state index < -0.39 is 0 Å². The minimum Gasteiger partial charge on any atom is -0.271 e. The third-order valence-electron chi connectivity index (χ3n) is 2.62. The number of halogens is 3. The number of hydrogen-bond acceptors (Lipinski definition) is 3. The zero-order valence-corrected chi connectivity index (χ0v) is 13.8. The summed E-state index contributed by atoms with van der Waals surface area (Å²) in [6, 6.07) is 7.64. The van der Waals surface area contributed by atoms with Gasteiger partial charge in [0.25, 0.3) is 0 Å². The molecule has 1 heterocycles. The molecule has 0 spiro atoms. The molecule has 0 saturated heterocycles. The largest absolute Gasteiger partial charge is 0.271 e. The van der Waals surface area contributed by atoms with Crippen molar-refractivity contribution in [1.82, 2.24) is 5.43 Å². The van der Waals surface area contributed by atoms with Gasteiger partial charge in [0.2, 0.25) is 0 Å². The maximum absolute atomic E-state index is 6.16. The minimum atomic E-state index is 0.0423. The van der Waals surface area contributed by atoms with E-state index in [-0.39, 0.29) is 6.04 Å². The number of thiophene rings is 1. The van der Waals surface area contributed by atoms with Crippen LogP contribution in [0.3, 0.4) is 0 Å². The fourth-order valence-electron chi connectivity index (χ4n) is 1.70. The first-order valence-electron chi connectivity index (χ1n) is 5.24. The minimum absolute atomic E-state index is 0.0423. The summed E-state index contributed by atoms with van der Waals surface area (Å²) in [4.78, 5) is 0. The van der Waals surface area contributed by atoms with E-state index in [9.17, 15) is 0 Å². The molecule has 2 aromatic rings. The van der Waals surface area contributed by atoms with Gasteiger partial charge in [0.15, 0.2) is 0 Å². The summed E-state index contributed by atoms with van der Waals surface area (Å²) < 4.78 is 1.24. The Morgan fingerprint density at radius 1 is 1.33 bits per heavy atom. The number of nitrogens with two attached hydrogens (primary N) is 1. The molecule has 1 aromatic heterocycles. The van der Waals surface area contributed by atoms with Crippen molar-refractivity contribution in [3.63, 3.8) is 0 Å². The van der Waals surface area contributed by atoms with E-state index in [4.69, 9.17) is 29.0 Å². The molecule has 0 aliphatic rings. The van der Waals surface area contributed by atoms with Gasteiger partial charge in [-0.05, 0) is 69.8 Å². The van der Waals surface area contributed by atoms with Gasteiger partial charge < -0.3 is 0 Å². The normalized spacial score (nSPS) is 12.7. The van der Waals surface area contributed by atoms with Crippen LogP contribution in [0.5, 0.6) is 0 Å². The van der Waals surface area contributed by atoms with Crippen LogP contribution in [0.25, 0.3) is 0 Å². The second-order valence-corrected chi connectivity index (χ2v) is 7.49. The number of hydrazine groups is 1. The van der Waals surface area contributed by atoms with Crippen LogP contribution in [-0.2, 0) is 6.42 Å². The van der Waals surface area contributed by atoms with Crippen molar-refractivity contribution >= 4 is 57.1 Å². The highest BCUT2D eigenvalue weighted by atomic mass is 127. The summed E-state index contributed by atoms with van der Waals surface area (Å²) in [7, 11) is 0. The second kappa shape index (κ2) is 6.54. The summed E-state index contributed by atoms with van der Waals surface area (Å²) in [6.45, 7) is 0. The van der Waals surface area contributed by atoms with E-state index in [0.717, 1.165) is 5.56 Å². The van der Waals surface area contributed by atoms with E-state index in [2.05, 4.69) is 39.5 Å². The summed E-state index contributed by atoms with van der Waals surface area (Å²) in [5, 5.41) is 3.50. The molecule has 0 aliphatic heterocycles. The van der Waals surface area contributed by atoms with Crippen LogP contribution in [0.2, 0.25) is 10.0 Å². The molecule has 18 heavy (non-hydrogen) atoms. The van der Waals surface area contributed by atoms with Gasteiger partial charge in [-0.2, -0.15) is 0 Å². The van der Waals surface area contributed by atoms with Crippen molar-refractivity contribution in [2.24, 2.45) is 5.84 Å². The first kappa shape index (κ1) is 14.6. The summed E-state index contributed by atoms with van der Waals surface area (Å²) in [6.07, 6.45) is 0.711. The van der Waals surface area contributed by atoms with Crippen LogP contribution in [0.15, 0.2) is 29.6 Å². The molecule has 0 saturated carbocycles. The highest BCUT2D eigenvalue weighted by molar-refractivity contribution is 14.1. The summed E-state index contributed by atoms with van der Waals surface area (Å²) >= 11 is 16.1. The Morgan fingerprint density at radius 3 is 2.72 bits per heavy atom. The molecule has 1 atom stereocenters.